The van der Waals surface area contributed by atoms with Crippen LogP contribution in [0.25, 0.3) is 11.1 Å². The number of carboxylic acids is 1. The Balaban J connectivity index is 1.58. The van der Waals surface area contributed by atoms with E-state index in [4.69, 9.17) is 9.47 Å². The lowest BCUT2D eigenvalue weighted by Gasteiger charge is -2.26. The molecule has 0 aliphatic heterocycles. The van der Waals surface area contributed by atoms with E-state index in [0.717, 1.165) is 22.3 Å². The van der Waals surface area contributed by atoms with Crippen molar-refractivity contribution < 1.29 is 29.0 Å². The molecule has 1 aliphatic carbocycles. The normalized spacial score (nSPS) is 15.0. The van der Waals surface area contributed by atoms with E-state index in [9.17, 15) is 19.5 Å². The molecule has 2 amide bonds. The fourth-order valence-corrected chi connectivity index (χ4v) is 4.13. The van der Waals surface area contributed by atoms with Gasteiger partial charge in [-0.15, -0.1) is 0 Å². The minimum absolute atomic E-state index is 0.0585. The average Bonchev–Trinajstić information content (AvgIpc) is 3.11. The molecule has 33 heavy (non-hydrogen) atoms. The molecule has 8 heteroatoms. The molecule has 176 valence electrons. The topological polar surface area (TPSA) is 114 Å². The van der Waals surface area contributed by atoms with E-state index < -0.39 is 29.6 Å². The van der Waals surface area contributed by atoms with Gasteiger partial charge in [-0.25, -0.2) is 9.59 Å². The molecular weight excluding hydrogens is 424 g/mol. The third-order valence-corrected chi connectivity index (χ3v) is 5.91. The Kier molecular flexibility index (Phi) is 7.71. The summed E-state index contributed by atoms with van der Waals surface area (Å²) in [4.78, 5) is 36.4. The van der Waals surface area contributed by atoms with Crippen LogP contribution in [0.1, 0.15) is 43.7 Å². The second-order valence-corrected chi connectivity index (χ2v) is 8.40. The van der Waals surface area contributed by atoms with Crippen LogP contribution in [0, 0.1) is 0 Å². The van der Waals surface area contributed by atoms with Gasteiger partial charge in [0.05, 0.1) is 6.61 Å². The Morgan fingerprint density at radius 3 is 2.15 bits per heavy atom. The Labute approximate surface area is 193 Å². The monoisotopic (exact) mass is 454 g/mol. The molecule has 0 bridgehead atoms. The first kappa shape index (κ1) is 24.3. The van der Waals surface area contributed by atoms with E-state index in [2.05, 4.69) is 22.8 Å². The summed E-state index contributed by atoms with van der Waals surface area (Å²) in [6.07, 6.45) is -0.215. The van der Waals surface area contributed by atoms with Crippen LogP contribution in [0.5, 0.6) is 0 Å². The molecule has 0 fully saturated rings. The van der Waals surface area contributed by atoms with Crippen molar-refractivity contribution in [3.63, 3.8) is 0 Å². The number of rotatable bonds is 10. The van der Waals surface area contributed by atoms with Crippen molar-refractivity contribution in [3.8, 4) is 11.1 Å². The maximum absolute atomic E-state index is 12.5. The first-order chi connectivity index (χ1) is 15.8. The Morgan fingerprint density at radius 1 is 1.06 bits per heavy atom. The Morgan fingerprint density at radius 2 is 1.64 bits per heavy atom. The SMILES string of the molecule is CCC(CC(=O)NC(C)(COC)C(=O)O)NC(=O)OCC1c2ccccc2-c2ccccc21. The molecule has 8 nitrogen and oxygen atoms in total. The van der Waals surface area contributed by atoms with Crippen LogP contribution in [-0.4, -0.2) is 55.0 Å². The van der Waals surface area contributed by atoms with Crippen LogP contribution >= 0.6 is 0 Å². The van der Waals surface area contributed by atoms with Crippen LogP contribution in [0.4, 0.5) is 4.79 Å². The highest BCUT2D eigenvalue weighted by molar-refractivity contribution is 5.87. The van der Waals surface area contributed by atoms with Crippen molar-refractivity contribution in [1.82, 2.24) is 10.6 Å². The number of nitrogens with one attached hydrogen (secondary N) is 2. The summed E-state index contributed by atoms with van der Waals surface area (Å²) in [7, 11) is 1.36. The number of ether oxygens (including phenoxy) is 2. The van der Waals surface area contributed by atoms with Crippen LogP contribution in [-0.2, 0) is 19.1 Å². The summed E-state index contributed by atoms with van der Waals surface area (Å²) in [6.45, 7) is 3.20. The van der Waals surface area contributed by atoms with Gasteiger partial charge < -0.3 is 25.2 Å². The molecule has 2 aromatic rings. The number of fused-ring (bicyclic) bond motifs is 3. The number of carbonyl (C=O) groups is 3. The van der Waals surface area contributed by atoms with E-state index in [1.807, 2.05) is 43.3 Å². The van der Waals surface area contributed by atoms with Crippen LogP contribution in [0.2, 0.25) is 0 Å². The van der Waals surface area contributed by atoms with E-state index in [0.29, 0.717) is 6.42 Å². The molecule has 0 radical (unpaired) electrons. The highest BCUT2D eigenvalue weighted by Gasteiger charge is 2.35. The largest absolute Gasteiger partial charge is 0.479 e. The molecule has 0 spiro atoms. The molecule has 2 unspecified atom stereocenters. The summed E-state index contributed by atoms with van der Waals surface area (Å²) in [6, 6.07) is 15.6. The Hall–Kier alpha value is -3.39. The van der Waals surface area contributed by atoms with Crippen molar-refractivity contribution in [3.05, 3.63) is 59.7 Å². The molecule has 0 heterocycles. The van der Waals surface area contributed by atoms with Gasteiger partial charge in [0, 0.05) is 25.5 Å². The maximum Gasteiger partial charge on any atom is 0.407 e. The first-order valence-electron chi connectivity index (χ1n) is 10.9. The summed E-state index contributed by atoms with van der Waals surface area (Å²) >= 11 is 0. The number of aliphatic carboxylic acids is 1. The van der Waals surface area contributed by atoms with Crippen molar-refractivity contribution >= 4 is 18.0 Å². The number of amides is 2. The molecule has 0 saturated heterocycles. The number of hydrogen-bond donors (Lipinski definition) is 3. The van der Waals surface area contributed by atoms with E-state index in [1.54, 1.807) is 0 Å². The average molecular weight is 455 g/mol. The second-order valence-electron chi connectivity index (χ2n) is 8.40. The highest BCUT2D eigenvalue weighted by Crippen LogP contribution is 2.44. The minimum Gasteiger partial charge on any atom is -0.479 e. The molecule has 3 N–H and O–H groups in total. The quantitative estimate of drug-likeness (QED) is 0.508. The van der Waals surface area contributed by atoms with Gasteiger partial charge in [0.2, 0.25) is 5.91 Å². The predicted molar refractivity (Wildman–Crippen MR) is 123 cm³/mol. The van der Waals surface area contributed by atoms with Crippen LogP contribution in [0.3, 0.4) is 0 Å². The molecule has 3 rings (SSSR count). The highest BCUT2D eigenvalue weighted by atomic mass is 16.5. The maximum atomic E-state index is 12.5. The van der Waals surface area contributed by atoms with Gasteiger partial charge in [0.15, 0.2) is 5.54 Å². The number of alkyl carbamates (subject to hydrolysis) is 1. The van der Waals surface area contributed by atoms with Crippen LogP contribution < -0.4 is 10.6 Å². The molecule has 1 aliphatic rings. The van der Waals surface area contributed by atoms with Crippen molar-refractivity contribution in [2.45, 2.75) is 44.2 Å². The number of hydrogen-bond acceptors (Lipinski definition) is 5. The summed E-state index contributed by atoms with van der Waals surface area (Å²) in [5.74, 6) is -1.75. The number of carbonyl (C=O) groups excluding carboxylic acids is 2. The lowest BCUT2D eigenvalue weighted by molar-refractivity contribution is -0.149. The van der Waals surface area contributed by atoms with Gasteiger partial charge in [-0.05, 0) is 35.6 Å². The third kappa shape index (κ3) is 5.51. The standard InChI is InChI=1S/C25H30N2O6/c1-4-16(13-22(28)27-25(2,15-32-3)23(29)30)26-24(31)33-14-21-19-11-7-5-9-17(19)18-10-6-8-12-20(18)21/h5-12,16,21H,4,13-15H2,1-3H3,(H,26,31)(H,27,28)(H,29,30). The molecule has 0 saturated carbocycles. The van der Waals surface area contributed by atoms with E-state index in [1.165, 1.54) is 14.0 Å². The molecule has 0 aromatic heterocycles. The third-order valence-electron chi connectivity index (χ3n) is 5.91. The smallest absolute Gasteiger partial charge is 0.407 e. The summed E-state index contributed by atoms with van der Waals surface area (Å²) in [5.41, 5.74) is 2.96. The summed E-state index contributed by atoms with van der Waals surface area (Å²) < 4.78 is 10.4. The lowest BCUT2D eigenvalue weighted by atomic mass is 9.98. The number of carboxylic acid groups (broad SMARTS) is 1. The fourth-order valence-electron chi connectivity index (χ4n) is 4.13. The zero-order chi connectivity index (χ0) is 24.0. The van der Waals surface area contributed by atoms with Gasteiger partial charge >= 0.3 is 12.1 Å². The zero-order valence-electron chi connectivity index (χ0n) is 19.1. The van der Waals surface area contributed by atoms with Crippen molar-refractivity contribution in [2.75, 3.05) is 20.3 Å². The zero-order valence-corrected chi connectivity index (χ0v) is 19.1. The fraction of sp³-hybridized carbons (Fsp3) is 0.400. The molecule has 2 atom stereocenters. The lowest BCUT2D eigenvalue weighted by Crippen LogP contribution is -2.56. The van der Waals surface area contributed by atoms with E-state index >= 15 is 0 Å². The van der Waals surface area contributed by atoms with Gasteiger partial charge in [0.25, 0.3) is 0 Å². The van der Waals surface area contributed by atoms with Gasteiger partial charge in [0.1, 0.15) is 6.61 Å². The van der Waals surface area contributed by atoms with Crippen molar-refractivity contribution in [1.29, 1.82) is 0 Å². The molecule has 2 aromatic carbocycles. The first-order valence-corrected chi connectivity index (χ1v) is 10.9. The van der Waals surface area contributed by atoms with E-state index in [-0.39, 0.29) is 25.6 Å². The van der Waals surface area contributed by atoms with Gasteiger partial charge in [-0.1, -0.05) is 55.5 Å². The van der Waals surface area contributed by atoms with Crippen molar-refractivity contribution in [2.24, 2.45) is 0 Å². The summed E-state index contributed by atoms with van der Waals surface area (Å²) in [5, 5.41) is 14.6. The number of methoxy groups -OCH3 is 1. The predicted octanol–water partition coefficient (Wildman–Crippen LogP) is 3.30. The second kappa shape index (κ2) is 10.5. The Bertz CT molecular complexity index is 978. The van der Waals surface area contributed by atoms with Crippen LogP contribution in [0.15, 0.2) is 48.5 Å². The minimum atomic E-state index is -1.55. The van der Waals surface area contributed by atoms with Gasteiger partial charge in [-0.3, -0.25) is 4.79 Å². The number of benzene rings is 2. The molecular formula is C25H30N2O6. The van der Waals surface area contributed by atoms with Gasteiger partial charge in [-0.2, -0.15) is 0 Å².